The first-order valence-corrected chi connectivity index (χ1v) is 17.1. The van der Waals surface area contributed by atoms with E-state index >= 15 is 0 Å². The van der Waals surface area contributed by atoms with Gasteiger partial charge in [-0.05, 0) is 87.1 Å². The smallest absolute Gasteiger partial charge is 0.306 e. The average Bonchev–Trinajstić information content (AvgIpc) is 3.73. The maximum atomic E-state index is 14.3. The van der Waals surface area contributed by atoms with E-state index in [0.29, 0.717) is 56.9 Å². The normalized spacial score (nSPS) is 18.2. The Morgan fingerprint density at radius 3 is 1.58 bits per heavy atom. The van der Waals surface area contributed by atoms with E-state index in [4.69, 9.17) is 41.1 Å². The van der Waals surface area contributed by atoms with Gasteiger partial charge in [-0.1, -0.05) is 12.2 Å². The van der Waals surface area contributed by atoms with Gasteiger partial charge in [-0.25, -0.2) is 4.98 Å². The summed E-state index contributed by atoms with van der Waals surface area (Å²) in [5.74, 6) is -2.29. The van der Waals surface area contributed by atoms with E-state index in [1.165, 1.54) is 34.5 Å². The molecule has 2 aliphatic rings. The van der Waals surface area contributed by atoms with Crippen LogP contribution >= 0.6 is 12.2 Å². The zero-order chi connectivity index (χ0) is 38.1. The number of carbonyl (C=O) groups excluding carboxylic acids is 5. The zero-order valence-corrected chi connectivity index (χ0v) is 31.3. The summed E-state index contributed by atoms with van der Waals surface area (Å²) in [6.07, 6.45) is 0.498. The van der Waals surface area contributed by atoms with Crippen molar-refractivity contribution in [3.8, 4) is 0 Å². The molecule has 2 aliphatic heterocycles. The maximum Gasteiger partial charge on any atom is 0.306 e. The molecule has 14 heteroatoms. The number of aryl methyl sites for hydroxylation is 4. The van der Waals surface area contributed by atoms with Crippen molar-refractivity contribution in [2.24, 2.45) is 0 Å². The third kappa shape index (κ3) is 6.99. The number of esters is 4. The van der Waals surface area contributed by atoms with Crippen molar-refractivity contribution in [2.75, 3.05) is 28.4 Å². The standard InChI is InChI=1S/C38H42N4O9S/c1-19-21(9-11-31(43)48-5)25-14-26-22(10-12-32(44)49-6)20(2)24(40-26)15-29-37(3,17-33(45)50-7)35(47)27(41-29)16-30-38(4,18-34(46)51-8)36(52)28(42-30)13-23(19)39-25/h13-16,39-40H,9-12,17-18H2,1-8H3/t37-,38-/m1/s1. The lowest BCUT2D eigenvalue weighted by Gasteiger charge is -2.23. The number of ether oxygens (including phenoxy) is 4. The van der Waals surface area contributed by atoms with Crippen LogP contribution in [0.5, 0.6) is 0 Å². The first-order valence-electron chi connectivity index (χ1n) is 16.7. The molecule has 13 nitrogen and oxygen atoms in total. The number of aromatic amines is 2. The van der Waals surface area contributed by atoms with Gasteiger partial charge in [-0.3, -0.25) is 29.0 Å². The number of nitrogens with zero attached hydrogens (tertiary/aromatic N) is 2. The number of H-pyrrole nitrogens is 2. The molecule has 0 spiro atoms. The van der Waals surface area contributed by atoms with Crippen LogP contribution < -0.4 is 0 Å². The lowest BCUT2D eigenvalue weighted by Crippen LogP contribution is -2.33. The first-order chi connectivity index (χ1) is 24.6. The molecule has 0 aromatic carbocycles. The minimum atomic E-state index is -1.41. The van der Waals surface area contributed by atoms with Crippen LogP contribution in [0.1, 0.15) is 89.4 Å². The fourth-order valence-corrected chi connectivity index (χ4v) is 7.07. The molecule has 5 heterocycles. The number of Topliss-reactive ketones (excluding diaryl/α,β-unsaturated/α-hetero) is 1. The van der Waals surface area contributed by atoms with E-state index in [-0.39, 0.29) is 43.3 Å². The zero-order valence-electron chi connectivity index (χ0n) is 30.5. The minimum Gasteiger partial charge on any atom is -0.469 e. The van der Waals surface area contributed by atoms with Crippen LogP contribution in [-0.4, -0.2) is 82.9 Å². The lowest BCUT2D eigenvalue weighted by atomic mass is 9.78. The predicted molar refractivity (Wildman–Crippen MR) is 195 cm³/mol. The second kappa shape index (κ2) is 14.8. The summed E-state index contributed by atoms with van der Waals surface area (Å²) in [7, 11) is 5.21. The van der Waals surface area contributed by atoms with E-state index in [1.54, 1.807) is 26.0 Å². The van der Waals surface area contributed by atoms with Crippen LogP contribution in [0.4, 0.5) is 0 Å². The van der Waals surface area contributed by atoms with Crippen molar-refractivity contribution in [3.63, 3.8) is 0 Å². The number of aromatic nitrogens is 4. The molecule has 0 saturated heterocycles. The Bertz CT molecular complexity index is 2190. The Kier molecular flexibility index (Phi) is 10.8. The number of thiocarbonyl (C=S) groups is 1. The largest absolute Gasteiger partial charge is 0.469 e. The summed E-state index contributed by atoms with van der Waals surface area (Å²) in [6.45, 7) is 7.22. The SMILES string of the molecule is COC(=O)CCc1c(C)c2cc3nc(cc4nc(cc5[nH]c(cc1[nH]2)c(CCC(=O)OC)c5C)[C@@](C)(CC(=O)OC)C4=O)[C@@](C)(CC(=O)OC)C3=S. The molecule has 2 N–H and O–H groups in total. The molecule has 0 amide bonds. The molecular formula is C38H42N4O9S. The molecule has 2 atom stereocenters. The number of fused-ring (bicyclic) bond motifs is 8. The van der Waals surface area contributed by atoms with Crippen LogP contribution in [0, 0.1) is 13.8 Å². The van der Waals surface area contributed by atoms with Gasteiger partial charge in [-0.2, -0.15) is 0 Å². The monoisotopic (exact) mass is 730 g/mol. The molecule has 8 bridgehead atoms. The van der Waals surface area contributed by atoms with E-state index < -0.39 is 28.6 Å². The molecule has 3 aromatic rings. The van der Waals surface area contributed by atoms with Crippen molar-refractivity contribution in [2.45, 2.75) is 77.0 Å². The molecular weight excluding hydrogens is 689 g/mol. The average molecular weight is 731 g/mol. The fraction of sp³-hybridized carbons (Fsp3) is 0.421. The van der Waals surface area contributed by atoms with E-state index in [9.17, 15) is 24.0 Å². The minimum absolute atomic E-state index is 0.0361. The Labute approximate surface area is 305 Å². The van der Waals surface area contributed by atoms with E-state index in [0.717, 1.165) is 22.3 Å². The summed E-state index contributed by atoms with van der Waals surface area (Å²) >= 11 is 5.98. The quantitative estimate of drug-likeness (QED) is 0.161. The number of hydrogen-bond acceptors (Lipinski definition) is 12. The van der Waals surface area contributed by atoms with Crippen molar-refractivity contribution >= 4 is 68.8 Å². The highest BCUT2D eigenvalue weighted by Gasteiger charge is 2.46. The van der Waals surface area contributed by atoms with Crippen LogP contribution in [0.15, 0.2) is 24.3 Å². The molecule has 3 aromatic heterocycles. The van der Waals surface area contributed by atoms with Gasteiger partial charge in [-0.15, -0.1) is 0 Å². The number of hydrogen-bond donors (Lipinski definition) is 2. The molecule has 0 fully saturated rings. The van der Waals surface area contributed by atoms with Crippen LogP contribution in [0.3, 0.4) is 0 Å². The van der Waals surface area contributed by atoms with Gasteiger partial charge in [0, 0.05) is 34.9 Å². The number of nitrogens with one attached hydrogen (secondary N) is 2. The summed E-state index contributed by atoms with van der Waals surface area (Å²) in [6, 6.07) is 6.95. The summed E-state index contributed by atoms with van der Waals surface area (Å²) < 4.78 is 19.9. The number of carbonyl (C=O) groups is 5. The highest BCUT2D eigenvalue weighted by Crippen LogP contribution is 2.40. The van der Waals surface area contributed by atoms with Crippen molar-refractivity contribution in [1.82, 2.24) is 19.9 Å². The molecule has 0 radical (unpaired) electrons. The summed E-state index contributed by atoms with van der Waals surface area (Å²) in [4.78, 5) is 81.2. The van der Waals surface area contributed by atoms with Gasteiger partial charge >= 0.3 is 23.9 Å². The van der Waals surface area contributed by atoms with E-state index in [1.807, 2.05) is 19.9 Å². The van der Waals surface area contributed by atoms with Gasteiger partial charge < -0.3 is 28.9 Å². The van der Waals surface area contributed by atoms with Gasteiger partial charge in [0.2, 0.25) is 0 Å². The third-order valence-electron chi connectivity index (χ3n) is 10.2. The van der Waals surface area contributed by atoms with Crippen LogP contribution in [0.2, 0.25) is 0 Å². The Hall–Kier alpha value is -5.24. The topological polar surface area (TPSA) is 180 Å². The summed E-state index contributed by atoms with van der Waals surface area (Å²) in [5, 5.41) is 0. The van der Waals surface area contributed by atoms with Gasteiger partial charge in [0.05, 0.1) is 74.1 Å². The Balaban J connectivity index is 1.94. The van der Waals surface area contributed by atoms with Crippen molar-refractivity contribution in [3.05, 3.63) is 69.3 Å². The summed E-state index contributed by atoms with van der Waals surface area (Å²) in [5.41, 5.74) is 4.49. The van der Waals surface area contributed by atoms with Gasteiger partial charge in [0.25, 0.3) is 0 Å². The molecule has 5 rings (SSSR count). The van der Waals surface area contributed by atoms with Crippen molar-refractivity contribution in [1.29, 1.82) is 0 Å². The second-order valence-corrected chi connectivity index (χ2v) is 13.8. The highest BCUT2D eigenvalue weighted by atomic mass is 32.1. The van der Waals surface area contributed by atoms with Crippen LogP contribution in [0.25, 0.3) is 22.1 Å². The molecule has 52 heavy (non-hydrogen) atoms. The van der Waals surface area contributed by atoms with Crippen molar-refractivity contribution < 1.29 is 42.9 Å². The molecule has 0 aliphatic carbocycles. The molecule has 0 saturated carbocycles. The van der Waals surface area contributed by atoms with E-state index in [2.05, 4.69) is 9.97 Å². The fourth-order valence-electron chi connectivity index (χ4n) is 6.79. The Morgan fingerprint density at radius 2 is 1.08 bits per heavy atom. The molecule has 0 unspecified atom stereocenters. The Morgan fingerprint density at radius 1 is 0.635 bits per heavy atom. The number of rotatable bonds is 10. The predicted octanol–water partition coefficient (Wildman–Crippen LogP) is 5.09. The van der Waals surface area contributed by atoms with Crippen LogP contribution in [-0.2, 0) is 61.8 Å². The first kappa shape index (κ1) is 38.0. The maximum absolute atomic E-state index is 14.3. The third-order valence-corrected chi connectivity index (χ3v) is 10.8. The lowest BCUT2D eigenvalue weighted by molar-refractivity contribution is -0.142. The van der Waals surface area contributed by atoms with Gasteiger partial charge in [0.1, 0.15) is 5.69 Å². The second-order valence-electron chi connectivity index (χ2n) is 13.4. The number of methoxy groups -OCH3 is 4. The van der Waals surface area contributed by atoms with Gasteiger partial charge in [0.15, 0.2) is 5.78 Å². The highest BCUT2D eigenvalue weighted by molar-refractivity contribution is 7.81. The number of ketones is 1. The molecule has 274 valence electrons.